The smallest absolute Gasteiger partial charge is 0.308 e. The summed E-state index contributed by atoms with van der Waals surface area (Å²) in [6.07, 6.45) is -2.76. The maximum atomic E-state index is 10.7. The zero-order valence-electron chi connectivity index (χ0n) is 7.17. The number of esters is 1. The average molecular weight is 192 g/mol. The van der Waals surface area contributed by atoms with Crippen LogP contribution >= 0.6 is 0 Å². The fourth-order valence-electron chi connectivity index (χ4n) is 0.551. The summed E-state index contributed by atoms with van der Waals surface area (Å²) in [5.41, 5.74) is 0. The van der Waals surface area contributed by atoms with E-state index in [9.17, 15) is 9.59 Å². The highest BCUT2D eigenvalue weighted by Gasteiger charge is 2.23. The second-order valence-electron chi connectivity index (χ2n) is 2.19. The molecule has 2 N–H and O–H groups in total. The number of rotatable bonds is 6. The molecule has 0 rings (SSSR count). The van der Waals surface area contributed by atoms with Gasteiger partial charge in [-0.1, -0.05) is 6.92 Å². The summed E-state index contributed by atoms with van der Waals surface area (Å²) in [7, 11) is 0. The Labute approximate surface area is 75.1 Å². The molecule has 76 valence electrons. The fourth-order valence-corrected chi connectivity index (χ4v) is 0.551. The summed E-state index contributed by atoms with van der Waals surface area (Å²) in [6, 6.07) is 0. The van der Waals surface area contributed by atoms with Crippen molar-refractivity contribution in [2.24, 2.45) is 0 Å². The van der Waals surface area contributed by atoms with Crippen molar-refractivity contribution in [2.75, 3.05) is 6.61 Å². The second-order valence-corrected chi connectivity index (χ2v) is 2.19. The van der Waals surface area contributed by atoms with Crippen LogP contribution in [0.25, 0.3) is 0 Å². The van der Waals surface area contributed by atoms with Crippen LogP contribution in [0.15, 0.2) is 0 Å². The molecule has 0 bridgehead atoms. The van der Waals surface area contributed by atoms with Gasteiger partial charge in [-0.05, 0) is 0 Å². The van der Waals surface area contributed by atoms with Crippen molar-refractivity contribution in [3.8, 4) is 0 Å². The second kappa shape index (κ2) is 6.38. The van der Waals surface area contributed by atoms with Gasteiger partial charge in [0.2, 0.25) is 0 Å². The summed E-state index contributed by atoms with van der Waals surface area (Å²) in [5.74, 6) is -0.626. The van der Waals surface area contributed by atoms with E-state index in [1.165, 1.54) is 0 Å². The average Bonchev–Trinajstić information content (AvgIpc) is 2.15. The SMILES string of the molecule is CCC(=O)OC(OC=O)C(O)CO. The Bertz CT molecular complexity index is 168. The van der Waals surface area contributed by atoms with Crippen LogP contribution < -0.4 is 0 Å². The zero-order chi connectivity index (χ0) is 10.3. The zero-order valence-corrected chi connectivity index (χ0v) is 7.17. The first-order chi connectivity index (χ1) is 6.15. The first kappa shape index (κ1) is 11.9. The van der Waals surface area contributed by atoms with Gasteiger partial charge < -0.3 is 19.7 Å². The van der Waals surface area contributed by atoms with Gasteiger partial charge in [-0.3, -0.25) is 9.59 Å². The minimum atomic E-state index is -1.44. The minimum absolute atomic E-state index is 0.0342. The van der Waals surface area contributed by atoms with E-state index in [0.717, 1.165) is 0 Å². The molecule has 0 aromatic carbocycles. The molecule has 2 unspecified atom stereocenters. The molecule has 0 aliphatic heterocycles. The van der Waals surface area contributed by atoms with Gasteiger partial charge in [0.1, 0.15) is 0 Å². The Morgan fingerprint density at radius 1 is 1.62 bits per heavy atom. The molecule has 0 saturated heterocycles. The van der Waals surface area contributed by atoms with E-state index in [1.54, 1.807) is 6.92 Å². The molecule has 13 heavy (non-hydrogen) atoms. The molecule has 2 atom stereocenters. The fraction of sp³-hybridized carbons (Fsp3) is 0.714. The molecule has 6 heteroatoms. The van der Waals surface area contributed by atoms with Gasteiger partial charge in [0.15, 0.2) is 6.10 Å². The lowest BCUT2D eigenvalue weighted by molar-refractivity contribution is -0.202. The van der Waals surface area contributed by atoms with Gasteiger partial charge in [-0.25, -0.2) is 0 Å². The topological polar surface area (TPSA) is 93.1 Å². The predicted molar refractivity (Wildman–Crippen MR) is 40.4 cm³/mol. The number of aliphatic hydroxyl groups excluding tert-OH is 2. The van der Waals surface area contributed by atoms with E-state index in [0.29, 0.717) is 0 Å². The van der Waals surface area contributed by atoms with Gasteiger partial charge >= 0.3 is 5.97 Å². The number of carbonyl (C=O) groups excluding carboxylic acids is 2. The number of hydrogen-bond acceptors (Lipinski definition) is 6. The van der Waals surface area contributed by atoms with Crippen LogP contribution in [0.2, 0.25) is 0 Å². The van der Waals surface area contributed by atoms with Crippen molar-refractivity contribution in [3.05, 3.63) is 0 Å². The lowest BCUT2D eigenvalue weighted by Crippen LogP contribution is -2.35. The van der Waals surface area contributed by atoms with Crippen LogP contribution in [-0.2, 0) is 19.1 Å². The van der Waals surface area contributed by atoms with Crippen molar-refractivity contribution < 1.29 is 29.3 Å². The first-order valence-electron chi connectivity index (χ1n) is 3.73. The highest BCUT2D eigenvalue weighted by Crippen LogP contribution is 2.02. The predicted octanol–water partition coefficient (Wildman–Crippen LogP) is -1.21. The molecule has 0 aromatic heterocycles. The molecule has 0 aromatic rings. The number of aliphatic hydroxyl groups is 2. The minimum Gasteiger partial charge on any atom is -0.424 e. The summed E-state index contributed by atoms with van der Waals surface area (Å²) in [6.45, 7) is 0.924. The highest BCUT2D eigenvalue weighted by atomic mass is 16.7. The van der Waals surface area contributed by atoms with Gasteiger partial charge in [-0.15, -0.1) is 0 Å². The lowest BCUT2D eigenvalue weighted by Gasteiger charge is -2.18. The van der Waals surface area contributed by atoms with E-state index >= 15 is 0 Å². The Morgan fingerprint density at radius 2 is 2.23 bits per heavy atom. The van der Waals surface area contributed by atoms with Crippen LogP contribution in [0, 0.1) is 0 Å². The molecule has 0 radical (unpaired) electrons. The van der Waals surface area contributed by atoms with E-state index in [1.807, 2.05) is 0 Å². The first-order valence-corrected chi connectivity index (χ1v) is 3.73. The van der Waals surface area contributed by atoms with Crippen LogP contribution in [0.1, 0.15) is 13.3 Å². The molecule has 0 amide bonds. The Morgan fingerprint density at radius 3 is 2.62 bits per heavy atom. The molecule has 0 saturated carbocycles. The van der Waals surface area contributed by atoms with Crippen LogP contribution in [0.3, 0.4) is 0 Å². The van der Waals surface area contributed by atoms with Crippen molar-refractivity contribution in [1.29, 1.82) is 0 Å². The molecular weight excluding hydrogens is 180 g/mol. The third kappa shape index (κ3) is 4.44. The van der Waals surface area contributed by atoms with Gasteiger partial charge in [-0.2, -0.15) is 0 Å². The van der Waals surface area contributed by atoms with E-state index < -0.39 is 25.0 Å². The maximum absolute atomic E-state index is 10.7. The summed E-state index contributed by atoms with van der Waals surface area (Å²) >= 11 is 0. The number of ether oxygens (including phenoxy) is 2. The van der Waals surface area contributed by atoms with E-state index in [2.05, 4.69) is 9.47 Å². The number of carbonyl (C=O) groups is 2. The molecule has 0 aliphatic rings. The van der Waals surface area contributed by atoms with Crippen LogP contribution in [0.5, 0.6) is 0 Å². The van der Waals surface area contributed by atoms with Gasteiger partial charge in [0.05, 0.1) is 6.61 Å². The monoisotopic (exact) mass is 192 g/mol. The van der Waals surface area contributed by atoms with Gasteiger partial charge in [0, 0.05) is 6.42 Å². The molecule has 0 heterocycles. The third-order valence-electron chi connectivity index (χ3n) is 1.23. The van der Waals surface area contributed by atoms with Crippen LogP contribution in [-0.4, -0.2) is 41.7 Å². The van der Waals surface area contributed by atoms with E-state index in [4.69, 9.17) is 10.2 Å². The Hall–Kier alpha value is -1.14. The van der Waals surface area contributed by atoms with Crippen molar-refractivity contribution in [2.45, 2.75) is 25.7 Å². The molecular formula is C7H12O6. The summed E-state index contributed by atoms with van der Waals surface area (Å²) in [4.78, 5) is 20.6. The van der Waals surface area contributed by atoms with Crippen molar-refractivity contribution in [3.63, 3.8) is 0 Å². The summed E-state index contributed by atoms with van der Waals surface area (Å²) < 4.78 is 8.72. The van der Waals surface area contributed by atoms with Crippen LogP contribution in [0.4, 0.5) is 0 Å². The third-order valence-corrected chi connectivity index (χ3v) is 1.23. The number of hydrogen-bond donors (Lipinski definition) is 2. The normalized spacial score (nSPS) is 14.4. The van der Waals surface area contributed by atoms with Crippen molar-refractivity contribution >= 4 is 12.4 Å². The Kier molecular flexibility index (Phi) is 5.82. The lowest BCUT2D eigenvalue weighted by atomic mass is 10.3. The standard InChI is InChI=1S/C7H12O6/c1-2-6(11)13-7(12-4-9)5(10)3-8/h4-5,7-8,10H,2-3H2,1H3. The molecule has 0 fully saturated rings. The Balaban J connectivity index is 4.07. The molecule has 0 aliphatic carbocycles. The molecule has 6 nitrogen and oxygen atoms in total. The van der Waals surface area contributed by atoms with E-state index in [-0.39, 0.29) is 12.9 Å². The summed E-state index contributed by atoms with van der Waals surface area (Å²) in [5, 5.41) is 17.5. The largest absolute Gasteiger partial charge is 0.424 e. The molecule has 0 spiro atoms. The highest BCUT2D eigenvalue weighted by molar-refractivity contribution is 5.69. The maximum Gasteiger partial charge on any atom is 0.308 e. The van der Waals surface area contributed by atoms with Crippen molar-refractivity contribution in [1.82, 2.24) is 0 Å². The quantitative estimate of drug-likeness (QED) is 0.311. The van der Waals surface area contributed by atoms with Gasteiger partial charge in [0.25, 0.3) is 12.8 Å².